The van der Waals surface area contributed by atoms with Gasteiger partial charge in [-0.25, -0.2) is 9.97 Å². The van der Waals surface area contributed by atoms with E-state index >= 15 is 0 Å². The van der Waals surface area contributed by atoms with Crippen LogP contribution in [-0.2, 0) is 6.54 Å². The van der Waals surface area contributed by atoms with E-state index in [1.807, 2.05) is 10.6 Å². The monoisotopic (exact) mass is 322 g/mol. The third kappa shape index (κ3) is 1.91. The number of imidazole rings is 1. The van der Waals surface area contributed by atoms with Crippen LogP contribution in [0.4, 0.5) is 5.95 Å². The number of nitrogens with zero attached hydrogens (tertiary/aromatic N) is 3. The molecule has 4 nitrogen and oxygen atoms in total. The Labute approximate surface area is 117 Å². The van der Waals surface area contributed by atoms with Crippen LogP contribution >= 0.6 is 27.3 Å². The molecule has 0 aliphatic heterocycles. The predicted octanol–water partition coefficient (Wildman–Crippen LogP) is 3.19. The summed E-state index contributed by atoms with van der Waals surface area (Å²) in [6.45, 7) is 2.83. The van der Waals surface area contributed by atoms with Crippen LogP contribution in [0.15, 0.2) is 28.2 Å². The molecule has 18 heavy (non-hydrogen) atoms. The third-order valence-electron chi connectivity index (χ3n) is 2.85. The Morgan fingerprint density at radius 3 is 3.06 bits per heavy atom. The van der Waals surface area contributed by atoms with E-state index in [0.717, 1.165) is 22.2 Å². The summed E-state index contributed by atoms with van der Waals surface area (Å²) >= 11 is 5.11. The minimum atomic E-state index is 0.503. The number of hydrogen-bond acceptors (Lipinski definition) is 4. The van der Waals surface area contributed by atoms with Gasteiger partial charge < -0.3 is 5.73 Å². The number of nitrogens with two attached hydrogens (primary N) is 1. The van der Waals surface area contributed by atoms with E-state index in [2.05, 4.69) is 44.3 Å². The molecule has 3 aromatic heterocycles. The van der Waals surface area contributed by atoms with Crippen molar-refractivity contribution in [2.75, 3.05) is 5.73 Å². The third-order valence-corrected chi connectivity index (χ3v) is 4.29. The highest BCUT2D eigenvalue weighted by Gasteiger charge is 2.11. The first-order chi connectivity index (χ1) is 8.65. The van der Waals surface area contributed by atoms with E-state index < -0.39 is 0 Å². The first kappa shape index (κ1) is 11.7. The van der Waals surface area contributed by atoms with Gasteiger partial charge in [-0.2, -0.15) is 0 Å². The molecule has 0 spiro atoms. The Bertz CT molecular complexity index is 716. The molecule has 0 aliphatic rings. The van der Waals surface area contributed by atoms with Crippen LogP contribution in [-0.4, -0.2) is 14.5 Å². The zero-order chi connectivity index (χ0) is 12.7. The highest BCUT2D eigenvalue weighted by atomic mass is 79.9. The molecule has 0 aliphatic carbocycles. The molecular weight excluding hydrogens is 312 g/mol. The number of halogens is 1. The summed E-state index contributed by atoms with van der Waals surface area (Å²) in [6.07, 6.45) is 1.77. The Hall–Kier alpha value is -1.40. The van der Waals surface area contributed by atoms with Crippen molar-refractivity contribution in [2.24, 2.45) is 0 Å². The zero-order valence-corrected chi connectivity index (χ0v) is 12.1. The molecular formula is C12H11BrN4S. The summed E-state index contributed by atoms with van der Waals surface area (Å²) in [5.74, 6) is 0.503. The number of anilines is 1. The Balaban J connectivity index is 2.11. The van der Waals surface area contributed by atoms with E-state index in [1.54, 1.807) is 17.5 Å². The lowest BCUT2D eigenvalue weighted by molar-refractivity contribution is 0.836. The predicted molar refractivity (Wildman–Crippen MR) is 77.8 cm³/mol. The molecule has 3 heterocycles. The van der Waals surface area contributed by atoms with Gasteiger partial charge in [-0.15, -0.1) is 11.3 Å². The van der Waals surface area contributed by atoms with Crippen LogP contribution in [0.5, 0.6) is 0 Å². The average molecular weight is 323 g/mol. The largest absolute Gasteiger partial charge is 0.369 e. The number of pyridine rings is 1. The molecule has 0 atom stereocenters. The summed E-state index contributed by atoms with van der Waals surface area (Å²) in [5.41, 5.74) is 8.89. The highest BCUT2D eigenvalue weighted by molar-refractivity contribution is 9.10. The Morgan fingerprint density at radius 2 is 2.33 bits per heavy atom. The minimum Gasteiger partial charge on any atom is -0.369 e. The lowest BCUT2D eigenvalue weighted by Crippen LogP contribution is -2.04. The smallest absolute Gasteiger partial charge is 0.202 e. The second kappa shape index (κ2) is 4.37. The number of thiophene rings is 1. The summed E-state index contributed by atoms with van der Waals surface area (Å²) in [6, 6.07) is 4.04. The molecule has 0 aromatic carbocycles. The van der Waals surface area contributed by atoms with Crippen LogP contribution in [0.1, 0.15) is 10.4 Å². The van der Waals surface area contributed by atoms with Gasteiger partial charge in [0.15, 0.2) is 5.65 Å². The number of hydrogen-bond donors (Lipinski definition) is 1. The van der Waals surface area contributed by atoms with Gasteiger partial charge in [0.05, 0.1) is 6.54 Å². The maximum atomic E-state index is 5.97. The molecule has 0 radical (unpaired) electrons. The van der Waals surface area contributed by atoms with Crippen LogP contribution < -0.4 is 5.73 Å². The fourth-order valence-corrected chi connectivity index (χ4v) is 3.08. The molecule has 92 valence electrons. The Morgan fingerprint density at radius 1 is 1.50 bits per heavy atom. The maximum Gasteiger partial charge on any atom is 0.202 e. The molecule has 0 amide bonds. The fraction of sp³-hybridized carbons (Fsp3) is 0.167. The number of aryl methyl sites for hydroxylation is 1. The van der Waals surface area contributed by atoms with Gasteiger partial charge >= 0.3 is 0 Å². The fourth-order valence-electron chi connectivity index (χ4n) is 1.87. The highest BCUT2D eigenvalue weighted by Crippen LogP contribution is 2.23. The molecule has 6 heteroatoms. The van der Waals surface area contributed by atoms with Gasteiger partial charge in [0.25, 0.3) is 0 Å². The Kier molecular flexibility index (Phi) is 2.83. The van der Waals surface area contributed by atoms with Crippen LogP contribution in [0.25, 0.3) is 11.2 Å². The van der Waals surface area contributed by atoms with Gasteiger partial charge in [0.2, 0.25) is 5.95 Å². The SMILES string of the molecule is Cc1ccsc1Cn1c(N)nc2cc(Br)cnc21. The average Bonchev–Trinajstić information content (AvgIpc) is 2.85. The molecule has 0 unspecified atom stereocenters. The van der Waals surface area contributed by atoms with Gasteiger partial charge in [-0.3, -0.25) is 4.57 Å². The van der Waals surface area contributed by atoms with E-state index in [1.165, 1.54) is 10.4 Å². The lowest BCUT2D eigenvalue weighted by Gasteiger charge is -2.05. The van der Waals surface area contributed by atoms with Gasteiger partial charge in [-0.1, -0.05) is 0 Å². The van der Waals surface area contributed by atoms with E-state index in [9.17, 15) is 0 Å². The van der Waals surface area contributed by atoms with Gasteiger partial charge in [-0.05, 0) is 45.9 Å². The van der Waals surface area contributed by atoms with Crippen molar-refractivity contribution < 1.29 is 0 Å². The minimum absolute atomic E-state index is 0.503. The van der Waals surface area contributed by atoms with Crippen molar-refractivity contribution in [1.29, 1.82) is 0 Å². The quantitative estimate of drug-likeness (QED) is 0.788. The molecule has 3 rings (SSSR count). The summed E-state index contributed by atoms with van der Waals surface area (Å²) in [4.78, 5) is 10.0. The molecule has 3 aromatic rings. The van der Waals surface area contributed by atoms with Crippen molar-refractivity contribution >= 4 is 44.4 Å². The second-order valence-electron chi connectivity index (χ2n) is 4.08. The molecule has 2 N–H and O–H groups in total. The first-order valence-corrected chi connectivity index (χ1v) is 7.12. The summed E-state index contributed by atoms with van der Waals surface area (Å²) in [7, 11) is 0. The normalized spacial score (nSPS) is 11.2. The topological polar surface area (TPSA) is 56.7 Å². The van der Waals surface area contributed by atoms with Crippen molar-refractivity contribution in [3.8, 4) is 0 Å². The summed E-state index contributed by atoms with van der Waals surface area (Å²) in [5, 5.41) is 2.09. The van der Waals surface area contributed by atoms with E-state index in [-0.39, 0.29) is 0 Å². The number of rotatable bonds is 2. The van der Waals surface area contributed by atoms with Crippen LogP contribution in [0, 0.1) is 6.92 Å². The first-order valence-electron chi connectivity index (χ1n) is 5.45. The standard InChI is InChI=1S/C12H11BrN4S/c1-7-2-3-18-10(7)6-17-11-9(16-12(17)14)4-8(13)5-15-11/h2-5H,6H2,1H3,(H2,14,16). The van der Waals surface area contributed by atoms with Crippen molar-refractivity contribution in [3.63, 3.8) is 0 Å². The van der Waals surface area contributed by atoms with Gasteiger partial charge in [0, 0.05) is 15.5 Å². The summed E-state index contributed by atoms with van der Waals surface area (Å²) < 4.78 is 2.85. The molecule has 0 bridgehead atoms. The molecule has 0 saturated carbocycles. The number of nitrogen functional groups attached to an aromatic ring is 1. The zero-order valence-electron chi connectivity index (χ0n) is 9.72. The van der Waals surface area contributed by atoms with E-state index in [0.29, 0.717) is 5.95 Å². The number of fused-ring (bicyclic) bond motifs is 1. The molecule has 0 fully saturated rings. The van der Waals surface area contributed by atoms with Crippen LogP contribution in [0.3, 0.4) is 0 Å². The van der Waals surface area contributed by atoms with Crippen molar-refractivity contribution in [2.45, 2.75) is 13.5 Å². The van der Waals surface area contributed by atoms with E-state index in [4.69, 9.17) is 5.73 Å². The van der Waals surface area contributed by atoms with Gasteiger partial charge in [0.1, 0.15) is 5.52 Å². The molecule has 0 saturated heterocycles. The maximum absolute atomic E-state index is 5.97. The van der Waals surface area contributed by atoms with Crippen LogP contribution in [0.2, 0.25) is 0 Å². The second-order valence-corrected chi connectivity index (χ2v) is 6.00. The van der Waals surface area contributed by atoms with Crippen molar-refractivity contribution in [1.82, 2.24) is 14.5 Å². The lowest BCUT2D eigenvalue weighted by atomic mass is 10.3. The van der Waals surface area contributed by atoms with Crippen molar-refractivity contribution in [3.05, 3.63) is 38.6 Å². The number of aromatic nitrogens is 3.